The Morgan fingerprint density at radius 3 is 2.33 bits per heavy atom. The molecule has 1 aliphatic heterocycles. The molecule has 1 heterocycles. The molecule has 1 aliphatic rings. The zero-order chi connectivity index (χ0) is 11.9. The Kier molecular flexibility index (Phi) is 3.20. The molecule has 0 bridgehead atoms. The summed E-state index contributed by atoms with van der Waals surface area (Å²) in [4.78, 5) is 0. The van der Waals surface area contributed by atoms with E-state index < -0.39 is 20.9 Å². The number of aliphatic hydroxyl groups is 1. The maximum Gasteiger partial charge on any atom is 0.151 e. The molecule has 2 unspecified atom stereocenters. The lowest BCUT2D eigenvalue weighted by Gasteiger charge is -2.44. The van der Waals surface area contributed by atoms with Crippen molar-refractivity contribution in [3.05, 3.63) is 0 Å². The van der Waals surface area contributed by atoms with Crippen LogP contribution >= 0.6 is 0 Å². The van der Waals surface area contributed by atoms with Crippen molar-refractivity contribution in [3.8, 4) is 0 Å². The Morgan fingerprint density at radius 1 is 1.53 bits per heavy atom. The third-order valence-electron chi connectivity index (χ3n) is 3.98. The highest BCUT2D eigenvalue weighted by molar-refractivity contribution is 7.91. The van der Waals surface area contributed by atoms with E-state index >= 15 is 0 Å². The standard InChI is InChI=1S/C10H21NO3S/c1-8(2)9(3,12)10(6-11)4-5-15(13,14)7-10/h8,12H,4-7,11H2,1-3H3. The van der Waals surface area contributed by atoms with Crippen LogP contribution in [0.3, 0.4) is 0 Å². The normalized spacial score (nSPS) is 34.3. The second kappa shape index (κ2) is 3.71. The minimum atomic E-state index is -3.02. The second-order valence-electron chi connectivity index (χ2n) is 5.13. The van der Waals surface area contributed by atoms with E-state index in [-0.39, 0.29) is 24.0 Å². The second-order valence-corrected chi connectivity index (χ2v) is 7.31. The number of rotatable bonds is 3. The monoisotopic (exact) mass is 235 g/mol. The van der Waals surface area contributed by atoms with Crippen LogP contribution in [-0.4, -0.2) is 37.2 Å². The first-order chi connectivity index (χ1) is 6.67. The van der Waals surface area contributed by atoms with Crippen LogP contribution in [0.4, 0.5) is 0 Å². The molecule has 1 rings (SSSR count). The van der Waals surface area contributed by atoms with Gasteiger partial charge in [0.25, 0.3) is 0 Å². The fourth-order valence-corrected chi connectivity index (χ4v) is 4.54. The van der Waals surface area contributed by atoms with Crippen molar-refractivity contribution < 1.29 is 13.5 Å². The van der Waals surface area contributed by atoms with Gasteiger partial charge in [-0.05, 0) is 19.3 Å². The van der Waals surface area contributed by atoms with Gasteiger partial charge in [-0.25, -0.2) is 8.42 Å². The molecule has 3 N–H and O–H groups in total. The van der Waals surface area contributed by atoms with Crippen molar-refractivity contribution in [1.82, 2.24) is 0 Å². The van der Waals surface area contributed by atoms with Crippen molar-refractivity contribution in [2.45, 2.75) is 32.8 Å². The Bertz CT molecular complexity index is 335. The maximum absolute atomic E-state index is 11.5. The quantitative estimate of drug-likeness (QED) is 0.730. The van der Waals surface area contributed by atoms with E-state index in [1.54, 1.807) is 6.92 Å². The summed E-state index contributed by atoms with van der Waals surface area (Å²) in [5, 5.41) is 10.4. The fourth-order valence-electron chi connectivity index (χ4n) is 2.30. The molecule has 0 aliphatic carbocycles. The van der Waals surface area contributed by atoms with E-state index in [0.29, 0.717) is 6.42 Å². The van der Waals surface area contributed by atoms with Crippen LogP contribution in [0.5, 0.6) is 0 Å². The molecule has 5 heteroatoms. The van der Waals surface area contributed by atoms with E-state index in [1.165, 1.54) is 0 Å². The van der Waals surface area contributed by atoms with Gasteiger partial charge >= 0.3 is 0 Å². The number of sulfone groups is 1. The smallest absolute Gasteiger partial charge is 0.151 e. The van der Waals surface area contributed by atoms with E-state index in [2.05, 4.69) is 0 Å². The summed E-state index contributed by atoms with van der Waals surface area (Å²) in [7, 11) is -3.02. The molecule has 90 valence electrons. The summed E-state index contributed by atoms with van der Waals surface area (Å²) in [5.41, 5.74) is 4.00. The van der Waals surface area contributed by atoms with Crippen molar-refractivity contribution in [1.29, 1.82) is 0 Å². The van der Waals surface area contributed by atoms with Crippen molar-refractivity contribution in [2.24, 2.45) is 17.1 Å². The Morgan fingerprint density at radius 2 is 2.07 bits per heavy atom. The molecular formula is C10H21NO3S. The summed E-state index contributed by atoms with van der Waals surface area (Å²) in [6, 6.07) is 0. The van der Waals surface area contributed by atoms with Crippen LogP contribution < -0.4 is 5.73 Å². The van der Waals surface area contributed by atoms with E-state index in [0.717, 1.165) is 0 Å². The van der Waals surface area contributed by atoms with Gasteiger partial charge in [0.1, 0.15) is 0 Å². The van der Waals surface area contributed by atoms with Crippen LogP contribution in [0.25, 0.3) is 0 Å². The lowest BCUT2D eigenvalue weighted by molar-refractivity contribution is -0.0878. The lowest BCUT2D eigenvalue weighted by Crippen LogP contribution is -2.54. The summed E-state index contributed by atoms with van der Waals surface area (Å²) >= 11 is 0. The zero-order valence-electron chi connectivity index (χ0n) is 9.66. The lowest BCUT2D eigenvalue weighted by atomic mass is 9.67. The molecule has 15 heavy (non-hydrogen) atoms. The molecule has 0 aromatic heterocycles. The van der Waals surface area contributed by atoms with Crippen LogP contribution in [0.2, 0.25) is 0 Å². The Labute approximate surface area is 91.8 Å². The number of hydrogen-bond acceptors (Lipinski definition) is 4. The van der Waals surface area contributed by atoms with E-state index in [9.17, 15) is 13.5 Å². The molecular weight excluding hydrogens is 214 g/mol. The number of nitrogens with two attached hydrogens (primary N) is 1. The van der Waals surface area contributed by atoms with Gasteiger partial charge < -0.3 is 10.8 Å². The first-order valence-electron chi connectivity index (χ1n) is 5.30. The molecule has 0 saturated carbocycles. The summed E-state index contributed by atoms with van der Waals surface area (Å²) in [6.07, 6.45) is 0.469. The molecule has 0 radical (unpaired) electrons. The highest BCUT2D eigenvalue weighted by Gasteiger charge is 2.54. The number of hydrogen-bond donors (Lipinski definition) is 2. The van der Waals surface area contributed by atoms with Gasteiger partial charge in [0, 0.05) is 12.0 Å². The van der Waals surface area contributed by atoms with Gasteiger partial charge in [-0.1, -0.05) is 13.8 Å². The third-order valence-corrected chi connectivity index (χ3v) is 5.80. The zero-order valence-corrected chi connectivity index (χ0v) is 10.5. The third kappa shape index (κ3) is 2.05. The van der Waals surface area contributed by atoms with Gasteiger partial charge in [-0.3, -0.25) is 0 Å². The van der Waals surface area contributed by atoms with Gasteiger partial charge in [0.2, 0.25) is 0 Å². The van der Waals surface area contributed by atoms with Gasteiger partial charge in [0.15, 0.2) is 9.84 Å². The molecule has 4 nitrogen and oxygen atoms in total. The highest BCUT2D eigenvalue weighted by Crippen LogP contribution is 2.44. The first kappa shape index (κ1) is 12.9. The molecule has 1 fully saturated rings. The molecule has 1 saturated heterocycles. The summed E-state index contributed by atoms with van der Waals surface area (Å²) in [5.74, 6) is 0.156. The van der Waals surface area contributed by atoms with Crippen LogP contribution in [0, 0.1) is 11.3 Å². The molecule has 2 atom stereocenters. The van der Waals surface area contributed by atoms with E-state index in [1.807, 2.05) is 13.8 Å². The molecule has 0 amide bonds. The first-order valence-corrected chi connectivity index (χ1v) is 7.12. The highest BCUT2D eigenvalue weighted by atomic mass is 32.2. The predicted molar refractivity (Wildman–Crippen MR) is 60.2 cm³/mol. The maximum atomic E-state index is 11.5. The average Bonchev–Trinajstić information content (AvgIpc) is 2.43. The Hall–Kier alpha value is -0.130. The molecule has 0 aromatic rings. The summed E-state index contributed by atoms with van der Waals surface area (Å²) < 4.78 is 23.0. The minimum absolute atomic E-state index is 0.00523. The summed E-state index contributed by atoms with van der Waals surface area (Å²) in [6.45, 7) is 5.70. The fraction of sp³-hybridized carbons (Fsp3) is 1.00. The SMILES string of the molecule is CC(C)C(C)(O)C1(CN)CCS(=O)(=O)C1. The van der Waals surface area contributed by atoms with Crippen LogP contribution in [0.1, 0.15) is 27.2 Å². The Balaban J connectivity index is 3.08. The topological polar surface area (TPSA) is 80.4 Å². The van der Waals surface area contributed by atoms with Gasteiger partial charge in [0.05, 0.1) is 17.1 Å². The van der Waals surface area contributed by atoms with Crippen molar-refractivity contribution >= 4 is 9.84 Å². The van der Waals surface area contributed by atoms with Crippen molar-refractivity contribution in [3.63, 3.8) is 0 Å². The van der Waals surface area contributed by atoms with Crippen LogP contribution in [0.15, 0.2) is 0 Å². The molecule has 0 aromatic carbocycles. The van der Waals surface area contributed by atoms with Gasteiger partial charge in [-0.15, -0.1) is 0 Å². The molecule has 0 spiro atoms. The van der Waals surface area contributed by atoms with Crippen LogP contribution in [-0.2, 0) is 9.84 Å². The van der Waals surface area contributed by atoms with Gasteiger partial charge in [-0.2, -0.15) is 0 Å². The largest absolute Gasteiger partial charge is 0.389 e. The predicted octanol–water partition coefficient (Wildman–Crippen LogP) is 0.157. The van der Waals surface area contributed by atoms with Crippen molar-refractivity contribution in [2.75, 3.05) is 18.1 Å². The van der Waals surface area contributed by atoms with E-state index in [4.69, 9.17) is 5.73 Å². The minimum Gasteiger partial charge on any atom is -0.389 e. The average molecular weight is 235 g/mol.